The lowest BCUT2D eigenvalue weighted by atomic mass is 9.91. The highest BCUT2D eigenvalue weighted by atomic mass is 16.2. The van der Waals surface area contributed by atoms with Crippen LogP contribution in [0.4, 0.5) is 0 Å². The summed E-state index contributed by atoms with van der Waals surface area (Å²) >= 11 is 0. The summed E-state index contributed by atoms with van der Waals surface area (Å²) in [5.74, 6) is 1.05. The SMILES string of the molecule is CC1CC(C)CN(Cc2ccccc2CNC(=O)Cn2[nH]c(=O)c3ccccc3c2=O)C1. The molecule has 2 N–H and O–H groups in total. The molecule has 0 saturated carbocycles. The Labute approximate surface area is 187 Å². The molecule has 2 aromatic carbocycles. The number of fused-ring (bicyclic) bond motifs is 1. The van der Waals surface area contributed by atoms with E-state index in [1.807, 2.05) is 18.2 Å². The normalized spacial score (nSPS) is 19.2. The van der Waals surface area contributed by atoms with Crippen molar-refractivity contribution in [1.82, 2.24) is 20.0 Å². The van der Waals surface area contributed by atoms with E-state index in [1.165, 1.54) is 12.0 Å². The third-order valence-electron chi connectivity index (χ3n) is 6.12. The number of likely N-dealkylation sites (tertiary alicyclic amines) is 1. The number of H-pyrrole nitrogens is 1. The maximum atomic E-state index is 12.6. The van der Waals surface area contributed by atoms with Gasteiger partial charge in [0.05, 0.1) is 10.8 Å². The van der Waals surface area contributed by atoms with Crippen LogP contribution in [0.15, 0.2) is 58.1 Å². The predicted octanol–water partition coefficient (Wildman–Crippen LogP) is 2.48. The van der Waals surface area contributed by atoms with E-state index in [9.17, 15) is 14.4 Å². The number of nitrogens with zero attached hydrogens (tertiary/aromatic N) is 2. The van der Waals surface area contributed by atoms with Crippen molar-refractivity contribution in [3.8, 4) is 0 Å². The maximum absolute atomic E-state index is 12.6. The maximum Gasteiger partial charge on any atom is 0.273 e. The first-order valence-corrected chi connectivity index (χ1v) is 11.2. The molecule has 0 spiro atoms. The summed E-state index contributed by atoms with van der Waals surface area (Å²) in [4.78, 5) is 39.9. The molecule has 1 saturated heterocycles. The topological polar surface area (TPSA) is 87.2 Å². The molecule has 1 amide bonds. The molecule has 1 aliphatic rings. The van der Waals surface area contributed by atoms with E-state index in [2.05, 4.69) is 35.2 Å². The van der Waals surface area contributed by atoms with Crippen LogP contribution in [0.1, 0.15) is 31.4 Å². The van der Waals surface area contributed by atoms with Crippen LogP contribution in [0.2, 0.25) is 0 Å². The first-order chi connectivity index (χ1) is 15.4. The minimum absolute atomic E-state index is 0.234. The number of benzene rings is 2. The van der Waals surface area contributed by atoms with Gasteiger partial charge in [0.25, 0.3) is 11.1 Å². The summed E-state index contributed by atoms with van der Waals surface area (Å²) in [6, 6.07) is 14.7. The number of aromatic amines is 1. The van der Waals surface area contributed by atoms with Crippen LogP contribution >= 0.6 is 0 Å². The van der Waals surface area contributed by atoms with Crippen molar-refractivity contribution in [2.75, 3.05) is 13.1 Å². The van der Waals surface area contributed by atoms with Gasteiger partial charge >= 0.3 is 0 Å². The highest BCUT2D eigenvalue weighted by Gasteiger charge is 2.22. The Hall–Kier alpha value is -3.19. The van der Waals surface area contributed by atoms with Crippen molar-refractivity contribution in [2.24, 2.45) is 11.8 Å². The number of rotatable bonds is 6. The van der Waals surface area contributed by atoms with Gasteiger partial charge in [0, 0.05) is 26.2 Å². The fourth-order valence-electron chi connectivity index (χ4n) is 4.80. The highest BCUT2D eigenvalue weighted by molar-refractivity contribution is 5.81. The van der Waals surface area contributed by atoms with Gasteiger partial charge in [0.1, 0.15) is 6.54 Å². The summed E-state index contributed by atoms with van der Waals surface area (Å²) < 4.78 is 1.07. The molecule has 3 aromatic rings. The molecule has 2 heterocycles. The third kappa shape index (κ3) is 4.99. The number of hydrogen-bond acceptors (Lipinski definition) is 4. The Balaban J connectivity index is 1.43. The van der Waals surface area contributed by atoms with Crippen LogP contribution < -0.4 is 16.4 Å². The highest BCUT2D eigenvalue weighted by Crippen LogP contribution is 2.23. The van der Waals surface area contributed by atoms with E-state index in [0.29, 0.717) is 29.2 Å². The fraction of sp³-hybridized carbons (Fsp3) is 0.400. The number of nitrogens with one attached hydrogen (secondary N) is 2. The van der Waals surface area contributed by atoms with Crippen molar-refractivity contribution in [2.45, 2.75) is 39.9 Å². The molecule has 2 unspecified atom stereocenters. The quantitative estimate of drug-likeness (QED) is 0.624. The third-order valence-corrected chi connectivity index (χ3v) is 6.12. The molecule has 7 nitrogen and oxygen atoms in total. The lowest BCUT2D eigenvalue weighted by Crippen LogP contribution is -2.38. The van der Waals surface area contributed by atoms with Crippen LogP contribution in [-0.2, 0) is 24.4 Å². The van der Waals surface area contributed by atoms with E-state index in [0.717, 1.165) is 29.9 Å². The minimum Gasteiger partial charge on any atom is -0.350 e. The van der Waals surface area contributed by atoms with Crippen LogP contribution in [0.5, 0.6) is 0 Å². The molecular weight excluding hydrogens is 404 g/mol. The van der Waals surface area contributed by atoms with E-state index in [1.54, 1.807) is 24.3 Å². The van der Waals surface area contributed by atoms with Crippen molar-refractivity contribution >= 4 is 16.7 Å². The largest absolute Gasteiger partial charge is 0.350 e. The smallest absolute Gasteiger partial charge is 0.273 e. The fourth-order valence-corrected chi connectivity index (χ4v) is 4.80. The number of hydrogen-bond donors (Lipinski definition) is 2. The first kappa shape index (κ1) is 22.0. The van der Waals surface area contributed by atoms with Crippen molar-refractivity contribution in [3.05, 3.63) is 80.4 Å². The lowest BCUT2D eigenvalue weighted by molar-refractivity contribution is -0.122. The molecule has 0 radical (unpaired) electrons. The summed E-state index contributed by atoms with van der Waals surface area (Å²) in [5, 5.41) is 6.03. The molecule has 2 atom stereocenters. The Morgan fingerprint density at radius 3 is 2.31 bits per heavy atom. The van der Waals surface area contributed by atoms with Crippen molar-refractivity contribution in [1.29, 1.82) is 0 Å². The monoisotopic (exact) mass is 434 g/mol. The van der Waals surface area contributed by atoms with Gasteiger partial charge in [-0.1, -0.05) is 50.2 Å². The van der Waals surface area contributed by atoms with E-state index >= 15 is 0 Å². The van der Waals surface area contributed by atoms with Gasteiger partial charge < -0.3 is 5.32 Å². The van der Waals surface area contributed by atoms with Gasteiger partial charge in [-0.15, -0.1) is 0 Å². The molecular formula is C25H30N4O3. The average Bonchev–Trinajstić information content (AvgIpc) is 2.76. The predicted molar refractivity (Wildman–Crippen MR) is 125 cm³/mol. The second kappa shape index (κ2) is 9.53. The van der Waals surface area contributed by atoms with E-state index in [-0.39, 0.29) is 23.6 Å². The van der Waals surface area contributed by atoms with Crippen LogP contribution in [-0.4, -0.2) is 33.7 Å². The van der Waals surface area contributed by atoms with Crippen LogP contribution in [0.25, 0.3) is 10.8 Å². The average molecular weight is 435 g/mol. The number of carbonyl (C=O) groups is 1. The van der Waals surface area contributed by atoms with E-state index < -0.39 is 0 Å². The van der Waals surface area contributed by atoms with Gasteiger partial charge in [-0.25, -0.2) is 4.68 Å². The molecule has 1 fully saturated rings. The van der Waals surface area contributed by atoms with Gasteiger partial charge in [-0.2, -0.15) is 0 Å². The second-order valence-corrected chi connectivity index (χ2v) is 9.06. The summed E-state index contributed by atoms with van der Waals surface area (Å²) in [7, 11) is 0. The molecule has 168 valence electrons. The molecule has 1 aromatic heterocycles. The molecule has 1 aliphatic heterocycles. The van der Waals surface area contributed by atoms with Gasteiger partial charge in [0.2, 0.25) is 5.91 Å². The van der Waals surface area contributed by atoms with Gasteiger partial charge in [-0.05, 0) is 41.5 Å². The summed E-state index contributed by atoms with van der Waals surface area (Å²) in [6.07, 6.45) is 1.27. The Morgan fingerprint density at radius 1 is 0.969 bits per heavy atom. The second-order valence-electron chi connectivity index (χ2n) is 9.06. The minimum atomic E-state index is -0.386. The zero-order valence-electron chi connectivity index (χ0n) is 18.6. The molecule has 7 heteroatoms. The number of carbonyl (C=O) groups excluding carboxylic acids is 1. The summed E-state index contributed by atoms with van der Waals surface area (Å²) in [5.41, 5.74) is 1.49. The summed E-state index contributed by atoms with van der Waals surface area (Å²) in [6.45, 7) is 7.77. The molecule has 0 bridgehead atoms. The van der Waals surface area contributed by atoms with Crippen molar-refractivity contribution < 1.29 is 4.79 Å². The number of amides is 1. The van der Waals surface area contributed by atoms with Crippen LogP contribution in [0.3, 0.4) is 0 Å². The Kier molecular flexibility index (Phi) is 6.55. The number of aromatic nitrogens is 2. The van der Waals surface area contributed by atoms with Crippen LogP contribution in [0, 0.1) is 11.8 Å². The Bertz CT molecular complexity index is 1220. The standard InChI is InChI=1S/C25H30N4O3/c1-17-11-18(2)14-28(13-17)15-20-8-4-3-7-19(20)12-26-23(30)16-29-25(32)22-10-6-5-9-21(22)24(31)27-29/h3-10,17-18H,11-16H2,1-2H3,(H,26,30)(H,27,31). The van der Waals surface area contributed by atoms with Crippen molar-refractivity contribution in [3.63, 3.8) is 0 Å². The molecule has 0 aliphatic carbocycles. The van der Waals surface area contributed by atoms with Gasteiger partial charge in [-0.3, -0.25) is 24.4 Å². The number of piperidine rings is 1. The lowest BCUT2D eigenvalue weighted by Gasteiger charge is -2.35. The zero-order chi connectivity index (χ0) is 22.7. The zero-order valence-corrected chi connectivity index (χ0v) is 18.6. The molecule has 4 rings (SSSR count). The molecule has 32 heavy (non-hydrogen) atoms. The Morgan fingerprint density at radius 2 is 1.59 bits per heavy atom. The van der Waals surface area contributed by atoms with E-state index in [4.69, 9.17) is 0 Å². The first-order valence-electron chi connectivity index (χ1n) is 11.2. The van der Waals surface area contributed by atoms with Gasteiger partial charge in [0.15, 0.2) is 0 Å².